The number of carbonyl (C=O) groups is 1. The normalized spacial score (nSPS) is 26.2. The van der Waals surface area contributed by atoms with E-state index in [1.807, 2.05) is 12.3 Å². The Hall–Kier alpha value is -1.38. The summed E-state index contributed by atoms with van der Waals surface area (Å²) in [4.78, 5) is 18.8. The van der Waals surface area contributed by atoms with Crippen LogP contribution in [0.2, 0.25) is 0 Å². The van der Waals surface area contributed by atoms with Gasteiger partial charge in [-0.3, -0.25) is 9.78 Å². The molecule has 0 saturated heterocycles. The fourth-order valence-corrected chi connectivity index (χ4v) is 2.83. The summed E-state index contributed by atoms with van der Waals surface area (Å²) in [6, 6.07) is 4.89. The van der Waals surface area contributed by atoms with E-state index in [1.54, 1.807) is 6.20 Å². The zero-order chi connectivity index (χ0) is 12.7. The van der Waals surface area contributed by atoms with E-state index >= 15 is 0 Å². The summed E-state index contributed by atoms with van der Waals surface area (Å²) >= 11 is 0. The molecule has 1 amide bonds. The summed E-state index contributed by atoms with van der Waals surface area (Å²) in [5, 5.41) is 0. The number of aromatic nitrogens is 1. The van der Waals surface area contributed by atoms with Crippen LogP contribution in [0.4, 0.5) is 0 Å². The fraction of sp³-hybridized carbons (Fsp3) is 0.600. The van der Waals surface area contributed by atoms with Gasteiger partial charge >= 0.3 is 0 Å². The summed E-state index contributed by atoms with van der Waals surface area (Å²) in [5.74, 6) is 0.977. The Kier molecular flexibility index (Phi) is 2.84. The standard InChI is InChI=1S/C15H20N2O/c1-10(2)17(12-5-6-12)15(18)14-8-13(14)11-4-3-7-16-9-11/h3-4,7,9-10,12-14H,5-6,8H2,1-2H3/t13-,14-/m1/s1. The highest BCUT2D eigenvalue weighted by molar-refractivity contribution is 5.83. The van der Waals surface area contributed by atoms with Crippen molar-refractivity contribution in [3.05, 3.63) is 30.1 Å². The Labute approximate surface area is 108 Å². The molecule has 3 rings (SSSR count). The topological polar surface area (TPSA) is 33.2 Å². The largest absolute Gasteiger partial charge is 0.337 e. The van der Waals surface area contributed by atoms with Crippen LogP contribution in [0.5, 0.6) is 0 Å². The minimum atomic E-state index is 0.206. The quantitative estimate of drug-likeness (QED) is 0.815. The average Bonchev–Trinajstić information content (AvgIpc) is 3.24. The third kappa shape index (κ3) is 2.14. The van der Waals surface area contributed by atoms with Gasteiger partial charge in [-0.15, -0.1) is 0 Å². The smallest absolute Gasteiger partial charge is 0.226 e. The Morgan fingerprint density at radius 1 is 1.44 bits per heavy atom. The van der Waals surface area contributed by atoms with Gasteiger partial charge in [0.25, 0.3) is 0 Å². The van der Waals surface area contributed by atoms with Crippen LogP contribution in [-0.2, 0) is 4.79 Å². The molecule has 1 heterocycles. The number of nitrogens with zero attached hydrogens (tertiary/aromatic N) is 2. The third-order valence-corrected chi connectivity index (χ3v) is 3.97. The molecule has 96 valence electrons. The van der Waals surface area contributed by atoms with E-state index in [1.165, 1.54) is 18.4 Å². The maximum atomic E-state index is 12.5. The second-order valence-corrected chi connectivity index (χ2v) is 5.81. The van der Waals surface area contributed by atoms with E-state index in [4.69, 9.17) is 0 Å². The summed E-state index contributed by atoms with van der Waals surface area (Å²) in [5.41, 5.74) is 1.22. The molecule has 0 unspecified atom stereocenters. The fourth-order valence-electron chi connectivity index (χ4n) is 2.83. The maximum absolute atomic E-state index is 12.5. The van der Waals surface area contributed by atoms with E-state index in [9.17, 15) is 4.79 Å². The number of pyridine rings is 1. The molecule has 2 saturated carbocycles. The Bertz CT molecular complexity index is 437. The highest BCUT2D eigenvalue weighted by atomic mass is 16.2. The Morgan fingerprint density at radius 3 is 2.78 bits per heavy atom. The second kappa shape index (κ2) is 4.38. The van der Waals surface area contributed by atoms with Crippen LogP contribution in [0.15, 0.2) is 24.5 Å². The summed E-state index contributed by atoms with van der Waals surface area (Å²) in [6.45, 7) is 4.25. The van der Waals surface area contributed by atoms with Gasteiger partial charge in [-0.1, -0.05) is 6.07 Å². The minimum absolute atomic E-state index is 0.206. The van der Waals surface area contributed by atoms with E-state index in [0.29, 0.717) is 23.9 Å². The zero-order valence-electron chi connectivity index (χ0n) is 11.0. The van der Waals surface area contributed by atoms with Gasteiger partial charge in [0.1, 0.15) is 0 Å². The molecule has 0 N–H and O–H groups in total. The van der Waals surface area contributed by atoms with Crippen LogP contribution in [0.3, 0.4) is 0 Å². The van der Waals surface area contributed by atoms with Crippen LogP contribution in [0.1, 0.15) is 44.6 Å². The first kappa shape index (κ1) is 11.7. The van der Waals surface area contributed by atoms with Gasteiger partial charge in [-0.2, -0.15) is 0 Å². The lowest BCUT2D eigenvalue weighted by Gasteiger charge is -2.27. The maximum Gasteiger partial charge on any atom is 0.226 e. The Balaban J connectivity index is 1.68. The van der Waals surface area contributed by atoms with Crippen molar-refractivity contribution in [2.24, 2.45) is 5.92 Å². The third-order valence-electron chi connectivity index (χ3n) is 3.97. The van der Waals surface area contributed by atoms with Crippen molar-refractivity contribution in [2.75, 3.05) is 0 Å². The number of hydrogen-bond acceptors (Lipinski definition) is 2. The van der Waals surface area contributed by atoms with Crippen LogP contribution >= 0.6 is 0 Å². The van der Waals surface area contributed by atoms with Crippen molar-refractivity contribution >= 4 is 5.91 Å². The van der Waals surface area contributed by atoms with E-state index in [2.05, 4.69) is 29.8 Å². The summed E-state index contributed by atoms with van der Waals surface area (Å²) in [6.07, 6.45) is 7.06. The Morgan fingerprint density at radius 2 is 2.22 bits per heavy atom. The molecule has 2 fully saturated rings. The van der Waals surface area contributed by atoms with Gasteiger partial charge in [-0.25, -0.2) is 0 Å². The van der Waals surface area contributed by atoms with Gasteiger partial charge in [0.2, 0.25) is 5.91 Å². The SMILES string of the molecule is CC(C)N(C(=O)[C@@H]1C[C@@H]1c1cccnc1)C1CC1. The highest BCUT2D eigenvalue weighted by Gasteiger charge is 2.48. The van der Waals surface area contributed by atoms with Gasteiger partial charge in [0.05, 0.1) is 0 Å². The molecule has 0 spiro atoms. The van der Waals surface area contributed by atoms with Crippen molar-refractivity contribution in [3.63, 3.8) is 0 Å². The number of rotatable bonds is 4. The van der Waals surface area contributed by atoms with Crippen molar-refractivity contribution in [1.82, 2.24) is 9.88 Å². The molecule has 0 radical (unpaired) electrons. The van der Waals surface area contributed by atoms with Crippen molar-refractivity contribution in [3.8, 4) is 0 Å². The summed E-state index contributed by atoms with van der Waals surface area (Å²) in [7, 11) is 0. The van der Waals surface area contributed by atoms with E-state index < -0.39 is 0 Å². The molecule has 2 aliphatic rings. The lowest BCUT2D eigenvalue weighted by Crippen LogP contribution is -2.40. The van der Waals surface area contributed by atoms with Crippen molar-refractivity contribution in [2.45, 2.75) is 51.1 Å². The predicted octanol–water partition coefficient (Wildman–Crippen LogP) is 2.58. The molecule has 3 heteroatoms. The molecule has 0 aliphatic heterocycles. The minimum Gasteiger partial charge on any atom is -0.337 e. The lowest BCUT2D eigenvalue weighted by molar-refractivity contribution is -0.135. The van der Waals surface area contributed by atoms with Gasteiger partial charge in [0.15, 0.2) is 0 Å². The molecule has 0 aromatic carbocycles. The molecule has 2 atom stereocenters. The molecule has 18 heavy (non-hydrogen) atoms. The van der Waals surface area contributed by atoms with Gasteiger partial charge < -0.3 is 4.90 Å². The zero-order valence-corrected chi connectivity index (χ0v) is 11.0. The number of hydrogen-bond donors (Lipinski definition) is 0. The average molecular weight is 244 g/mol. The van der Waals surface area contributed by atoms with Crippen LogP contribution in [-0.4, -0.2) is 27.9 Å². The van der Waals surface area contributed by atoms with Crippen molar-refractivity contribution in [1.29, 1.82) is 0 Å². The molecule has 3 nitrogen and oxygen atoms in total. The second-order valence-electron chi connectivity index (χ2n) is 5.81. The molecule has 1 aromatic rings. The molecule has 0 bridgehead atoms. The van der Waals surface area contributed by atoms with Crippen molar-refractivity contribution < 1.29 is 4.79 Å². The number of carbonyl (C=O) groups excluding carboxylic acids is 1. The lowest BCUT2D eigenvalue weighted by atomic mass is 10.1. The monoisotopic (exact) mass is 244 g/mol. The van der Waals surface area contributed by atoms with Crippen LogP contribution < -0.4 is 0 Å². The first-order valence-corrected chi connectivity index (χ1v) is 6.90. The van der Waals surface area contributed by atoms with E-state index in [0.717, 1.165) is 6.42 Å². The van der Waals surface area contributed by atoms with E-state index in [-0.39, 0.29) is 5.92 Å². The molecular formula is C15H20N2O. The molecular weight excluding hydrogens is 224 g/mol. The van der Waals surface area contributed by atoms with Gasteiger partial charge in [-0.05, 0) is 50.7 Å². The number of amides is 1. The molecule has 2 aliphatic carbocycles. The van der Waals surface area contributed by atoms with Gasteiger partial charge in [0, 0.05) is 30.4 Å². The first-order chi connectivity index (χ1) is 8.68. The first-order valence-electron chi connectivity index (χ1n) is 6.90. The highest BCUT2D eigenvalue weighted by Crippen LogP contribution is 2.49. The van der Waals surface area contributed by atoms with Crippen LogP contribution in [0, 0.1) is 5.92 Å². The van der Waals surface area contributed by atoms with Crippen LogP contribution in [0.25, 0.3) is 0 Å². The predicted molar refractivity (Wildman–Crippen MR) is 70.1 cm³/mol. The summed E-state index contributed by atoms with van der Waals surface area (Å²) < 4.78 is 0. The molecule has 1 aromatic heterocycles.